The normalized spacial score (nSPS) is 9.06. The van der Waals surface area contributed by atoms with Gasteiger partial charge in [-0.15, -0.1) is 0 Å². The molecule has 0 amide bonds. The topological polar surface area (TPSA) is 37.3 Å². The SMILES string of the molecule is Fc1ccc(-c2ccccc2)c(F)c1F.[O]=[Al][OH]. The van der Waals surface area contributed by atoms with Crippen LogP contribution in [0.2, 0.25) is 0 Å². The van der Waals surface area contributed by atoms with Crippen molar-refractivity contribution in [3.05, 3.63) is 59.9 Å². The van der Waals surface area contributed by atoms with E-state index in [9.17, 15) is 13.2 Å². The molecule has 18 heavy (non-hydrogen) atoms. The quantitative estimate of drug-likeness (QED) is 0.637. The predicted molar refractivity (Wildman–Crippen MR) is 60.4 cm³/mol. The third-order valence-corrected chi connectivity index (χ3v) is 2.12. The Morgan fingerprint density at radius 3 is 2.00 bits per heavy atom. The molecule has 6 heteroatoms. The minimum absolute atomic E-state index is 0.0644. The zero-order valence-corrected chi connectivity index (χ0v) is 10.3. The van der Waals surface area contributed by atoms with Gasteiger partial charge in [0.1, 0.15) is 0 Å². The Morgan fingerprint density at radius 2 is 1.44 bits per heavy atom. The van der Waals surface area contributed by atoms with Crippen molar-refractivity contribution < 1.29 is 21.1 Å². The van der Waals surface area contributed by atoms with Crippen LogP contribution in [0.3, 0.4) is 0 Å². The van der Waals surface area contributed by atoms with Crippen molar-refractivity contribution in [2.45, 2.75) is 0 Å². The first-order valence-corrected chi connectivity index (χ1v) is 5.87. The molecule has 1 N–H and O–H groups in total. The fourth-order valence-electron chi connectivity index (χ4n) is 1.37. The average molecular weight is 268 g/mol. The van der Waals surface area contributed by atoms with Crippen LogP contribution in [-0.4, -0.2) is 19.6 Å². The number of halogens is 3. The van der Waals surface area contributed by atoms with E-state index in [1.807, 2.05) is 0 Å². The molecule has 2 aromatic rings. The van der Waals surface area contributed by atoms with Gasteiger partial charge in [0.25, 0.3) is 0 Å². The molecule has 2 nitrogen and oxygen atoms in total. The molecule has 0 aliphatic rings. The summed E-state index contributed by atoms with van der Waals surface area (Å²) in [4.78, 5) is 0. The van der Waals surface area contributed by atoms with Crippen LogP contribution in [0.1, 0.15) is 0 Å². The second kappa shape index (κ2) is 6.94. The first kappa shape index (κ1) is 14.4. The summed E-state index contributed by atoms with van der Waals surface area (Å²) in [7, 11) is 0. The van der Waals surface area contributed by atoms with Crippen LogP contribution >= 0.6 is 0 Å². The van der Waals surface area contributed by atoms with Gasteiger partial charge in [-0.2, -0.15) is 0 Å². The van der Waals surface area contributed by atoms with Gasteiger partial charge in [0.2, 0.25) is 0 Å². The molecule has 0 aromatic heterocycles. The van der Waals surface area contributed by atoms with Crippen molar-refractivity contribution in [1.29, 1.82) is 0 Å². The van der Waals surface area contributed by atoms with Gasteiger partial charge in [0.05, 0.1) is 0 Å². The van der Waals surface area contributed by atoms with Gasteiger partial charge in [0, 0.05) is 5.56 Å². The zero-order valence-electron chi connectivity index (χ0n) is 9.11. The molecule has 0 unspecified atom stereocenters. The molecule has 0 spiro atoms. The fourth-order valence-corrected chi connectivity index (χ4v) is 1.37. The van der Waals surface area contributed by atoms with Crippen molar-refractivity contribution in [2.75, 3.05) is 0 Å². The van der Waals surface area contributed by atoms with E-state index in [-0.39, 0.29) is 5.56 Å². The summed E-state index contributed by atoms with van der Waals surface area (Å²) >= 11 is -1.50. The minimum atomic E-state index is -1.50. The van der Waals surface area contributed by atoms with Gasteiger partial charge in [-0.25, -0.2) is 13.2 Å². The standard InChI is InChI=1S/C12H7F3.Al.H2O.O/c13-10-7-6-9(11(14)12(10)15)8-4-2-1-3-5-8;;;/h1-7H;;1H2;/q;+1;;/p-1. The first-order valence-electron chi connectivity index (χ1n) is 4.88. The van der Waals surface area contributed by atoms with Gasteiger partial charge < -0.3 is 0 Å². The predicted octanol–water partition coefficient (Wildman–Crippen LogP) is 2.71. The Balaban J connectivity index is 0.000000492. The molecule has 0 heterocycles. The third kappa shape index (κ3) is 3.43. The van der Waals surface area contributed by atoms with E-state index in [0.717, 1.165) is 6.07 Å². The fraction of sp³-hybridized carbons (Fsp3) is 0. The van der Waals surface area contributed by atoms with Crippen LogP contribution in [0, 0.1) is 17.5 Å². The Kier molecular flexibility index (Phi) is 5.56. The maximum atomic E-state index is 13.3. The maximum absolute atomic E-state index is 13.3. The summed E-state index contributed by atoms with van der Waals surface area (Å²) in [6, 6.07) is 10.6. The summed E-state index contributed by atoms with van der Waals surface area (Å²) in [5.41, 5.74) is 0.586. The van der Waals surface area contributed by atoms with E-state index in [4.69, 9.17) is 7.96 Å². The van der Waals surface area contributed by atoms with Crippen molar-refractivity contribution in [3.8, 4) is 11.1 Å². The summed E-state index contributed by atoms with van der Waals surface area (Å²) in [5.74, 6) is -3.76. The van der Waals surface area contributed by atoms with Gasteiger partial charge in [0.15, 0.2) is 17.5 Å². The molecule has 0 aliphatic carbocycles. The van der Waals surface area contributed by atoms with E-state index in [1.165, 1.54) is 6.07 Å². The van der Waals surface area contributed by atoms with Crippen LogP contribution in [0.5, 0.6) is 0 Å². The van der Waals surface area contributed by atoms with Crippen molar-refractivity contribution in [1.82, 2.24) is 0 Å². The molecule has 0 radical (unpaired) electrons. The summed E-state index contributed by atoms with van der Waals surface area (Å²) in [6.07, 6.45) is 0. The van der Waals surface area contributed by atoms with E-state index in [0.29, 0.717) is 5.56 Å². The number of rotatable bonds is 1. The van der Waals surface area contributed by atoms with E-state index >= 15 is 0 Å². The van der Waals surface area contributed by atoms with Gasteiger partial charge in [-0.3, -0.25) is 0 Å². The molecule has 2 aromatic carbocycles. The van der Waals surface area contributed by atoms with Crippen LogP contribution < -0.4 is 0 Å². The van der Waals surface area contributed by atoms with Crippen LogP contribution in [-0.2, 0) is 3.80 Å². The molecule has 0 aliphatic heterocycles. The molecule has 0 fully saturated rings. The molecule has 0 saturated heterocycles. The van der Waals surface area contributed by atoms with Gasteiger partial charge in [-0.05, 0) is 17.7 Å². The number of benzene rings is 2. The molecular weight excluding hydrogens is 260 g/mol. The van der Waals surface area contributed by atoms with Crippen molar-refractivity contribution in [3.63, 3.8) is 0 Å². The number of hydrogen-bond donors (Lipinski definition) is 1. The summed E-state index contributed by atoms with van der Waals surface area (Å²) in [6.45, 7) is 0. The van der Waals surface area contributed by atoms with E-state index in [2.05, 4.69) is 0 Å². The summed E-state index contributed by atoms with van der Waals surface area (Å²) < 4.78 is 54.6. The van der Waals surface area contributed by atoms with Gasteiger partial charge in [-0.1, -0.05) is 30.3 Å². The first-order chi connectivity index (χ1) is 8.61. The Labute approximate surface area is 108 Å². The van der Waals surface area contributed by atoms with Crippen molar-refractivity contribution >= 4 is 15.5 Å². The average Bonchev–Trinajstić information content (AvgIpc) is 2.38. The molecule has 2 rings (SSSR count). The van der Waals surface area contributed by atoms with E-state index in [1.54, 1.807) is 30.3 Å². The second-order valence-electron chi connectivity index (χ2n) is 3.19. The monoisotopic (exact) mass is 268 g/mol. The second-order valence-corrected chi connectivity index (χ2v) is 3.41. The number of hydrogen-bond acceptors (Lipinski definition) is 1. The zero-order chi connectivity index (χ0) is 13.5. The Bertz CT molecular complexity index is 532. The summed E-state index contributed by atoms with van der Waals surface area (Å²) in [5, 5.41) is 0. The molecular formula is C12H8AlF3O2. The third-order valence-electron chi connectivity index (χ3n) is 2.12. The van der Waals surface area contributed by atoms with Crippen LogP contribution in [0.15, 0.2) is 42.5 Å². The van der Waals surface area contributed by atoms with E-state index < -0.39 is 32.9 Å². The molecule has 0 saturated carbocycles. The molecule has 0 bridgehead atoms. The van der Waals surface area contributed by atoms with Crippen LogP contribution in [0.25, 0.3) is 11.1 Å². The van der Waals surface area contributed by atoms with Crippen molar-refractivity contribution in [2.24, 2.45) is 0 Å². The Hall–Kier alpha value is -1.64. The Morgan fingerprint density at radius 1 is 0.889 bits per heavy atom. The molecule has 0 atom stereocenters. The molecule has 92 valence electrons. The van der Waals surface area contributed by atoms with Crippen LogP contribution in [0.4, 0.5) is 13.2 Å². The van der Waals surface area contributed by atoms with Gasteiger partial charge >= 0.3 is 23.4 Å².